The SMILES string of the molecule is CC(C)O[C@@H](CBr)c1ccc(OCc2ccccc2)c2[nH]c(=O)ccc12.O=c1ccc2c([C@@H](O)CBr)ccc(OCc3ccccc3)c2[nH]1. The lowest BCUT2D eigenvalue weighted by atomic mass is 10.0. The molecule has 2 atom stereocenters. The molecule has 0 aliphatic carbocycles. The number of nitrogens with one attached hydrogen (secondary N) is 2. The van der Waals surface area contributed by atoms with Gasteiger partial charge in [-0.2, -0.15) is 0 Å². The van der Waals surface area contributed by atoms with Crippen LogP contribution in [0.5, 0.6) is 11.5 Å². The van der Waals surface area contributed by atoms with Gasteiger partial charge in [-0.15, -0.1) is 0 Å². The van der Waals surface area contributed by atoms with E-state index < -0.39 is 6.10 Å². The van der Waals surface area contributed by atoms with Gasteiger partial charge in [-0.1, -0.05) is 105 Å². The van der Waals surface area contributed by atoms with Crippen molar-refractivity contribution < 1.29 is 19.3 Å². The molecule has 0 bridgehead atoms. The van der Waals surface area contributed by atoms with Crippen LogP contribution >= 0.6 is 31.9 Å². The van der Waals surface area contributed by atoms with Gasteiger partial charge < -0.3 is 29.3 Å². The quantitative estimate of drug-likeness (QED) is 0.107. The minimum absolute atomic E-state index is 0.101. The van der Waals surface area contributed by atoms with Crippen molar-refractivity contribution in [3.8, 4) is 11.5 Å². The van der Waals surface area contributed by atoms with Crippen molar-refractivity contribution in [3.05, 3.63) is 152 Å². The van der Waals surface area contributed by atoms with Crippen LogP contribution in [0.3, 0.4) is 0 Å². The van der Waals surface area contributed by atoms with Crippen LogP contribution < -0.4 is 20.6 Å². The van der Waals surface area contributed by atoms with Crippen molar-refractivity contribution in [1.29, 1.82) is 0 Å². The van der Waals surface area contributed by atoms with E-state index in [1.54, 1.807) is 12.1 Å². The number of aliphatic hydroxyl groups is 1. The second-order valence-corrected chi connectivity index (χ2v) is 12.9. The summed E-state index contributed by atoms with van der Waals surface area (Å²) < 4.78 is 17.9. The maximum Gasteiger partial charge on any atom is 0.248 e. The van der Waals surface area contributed by atoms with Crippen LogP contribution in [0.1, 0.15) is 48.3 Å². The first-order valence-corrected chi connectivity index (χ1v) is 18.1. The van der Waals surface area contributed by atoms with Crippen LogP contribution in [-0.2, 0) is 18.0 Å². The number of aliphatic hydroxyl groups excluding tert-OH is 1. The molecule has 0 saturated heterocycles. The van der Waals surface area contributed by atoms with E-state index in [2.05, 4.69) is 41.8 Å². The molecule has 0 saturated carbocycles. The van der Waals surface area contributed by atoms with Gasteiger partial charge in [-0.05, 0) is 60.4 Å². The third-order valence-electron chi connectivity index (χ3n) is 7.68. The molecular weight excluding hydrogens is 752 g/mol. The van der Waals surface area contributed by atoms with Gasteiger partial charge in [0.15, 0.2) is 0 Å². The summed E-state index contributed by atoms with van der Waals surface area (Å²) in [7, 11) is 0. The number of alkyl halides is 2. The largest absolute Gasteiger partial charge is 0.487 e. The van der Waals surface area contributed by atoms with Gasteiger partial charge in [0.1, 0.15) is 24.7 Å². The number of H-pyrrole nitrogens is 2. The molecule has 0 amide bonds. The van der Waals surface area contributed by atoms with Gasteiger partial charge in [0.25, 0.3) is 0 Å². The highest BCUT2D eigenvalue weighted by Crippen LogP contribution is 2.33. The monoisotopic (exact) mass is 788 g/mol. The number of benzene rings is 4. The Hall–Kier alpha value is -4.22. The average molecular weight is 791 g/mol. The van der Waals surface area contributed by atoms with Crippen molar-refractivity contribution in [3.63, 3.8) is 0 Å². The first-order chi connectivity index (χ1) is 23.8. The number of ether oxygens (including phenoxy) is 3. The van der Waals surface area contributed by atoms with Crippen LogP contribution in [-0.4, -0.2) is 31.8 Å². The van der Waals surface area contributed by atoms with Gasteiger partial charge in [-0.25, -0.2) is 0 Å². The number of fused-ring (bicyclic) bond motifs is 2. The molecule has 4 aromatic carbocycles. The fourth-order valence-electron chi connectivity index (χ4n) is 5.38. The van der Waals surface area contributed by atoms with Crippen molar-refractivity contribution in [2.75, 3.05) is 10.7 Å². The summed E-state index contributed by atoms with van der Waals surface area (Å²) in [6.45, 7) is 4.87. The van der Waals surface area contributed by atoms with Crippen molar-refractivity contribution in [2.24, 2.45) is 0 Å². The molecule has 8 nitrogen and oxygen atoms in total. The number of aromatic nitrogens is 2. The lowest BCUT2D eigenvalue weighted by Crippen LogP contribution is -2.13. The summed E-state index contributed by atoms with van der Waals surface area (Å²) in [5.41, 5.74) is 4.84. The van der Waals surface area contributed by atoms with E-state index in [-0.39, 0.29) is 23.3 Å². The molecule has 0 radical (unpaired) electrons. The van der Waals surface area contributed by atoms with Crippen LogP contribution in [0, 0.1) is 0 Å². The molecular formula is C39H38Br2N2O6. The van der Waals surface area contributed by atoms with E-state index in [0.29, 0.717) is 46.4 Å². The molecule has 0 fully saturated rings. The topological polar surface area (TPSA) is 114 Å². The molecule has 0 spiro atoms. The zero-order valence-electron chi connectivity index (χ0n) is 27.2. The van der Waals surface area contributed by atoms with E-state index in [4.69, 9.17) is 14.2 Å². The van der Waals surface area contributed by atoms with Gasteiger partial charge in [0.05, 0.1) is 29.3 Å². The van der Waals surface area contributed by atoms with Gasteiger partial charge in [0.2, 0.25) is 11.1 Å². The predicted molar refractivity (Wildman–Crippen MR) is 202 cm³/mol. The smallest absolute Gasteiger partial charge is 0.248 e. The molecule has 6 rings (SSSR count). The van der Waals surface area contributed by atoms with Crippen molar-refractivity contribution in [2.45, 2.75) is 45.4 Å². The normalized spacial score (nSPS) is 12.4. The third kappa shape index (κ3) is 9.48. The highest BCUT2D eigenvalue weighted by Gasteiger charge is 2.18. The predicted octanol–water partition coefficient (Wildman–Crippen LogP) is 8.50. The third-order valence-corrected chi connectivity index (χ3v) is 8.89. The Balaban J connectivity index is 0.000000192. The van der Waals surface area contributed by atoms with Crippen LogP contribution in [0.25, 0.3) is 21.8 Å². The fourth-order valence-corrected chi connectivity index (χ4v) is 6.23. The first kappa shape index (κ1) is 36.1. The maximum absolute atomic E-state index is 11.9. The number of rotatable bonds is 12. The van der Waals surface area contributed by atoms with Gasteiger partial charge in [0, 0.05) is 33.6 Å². The van der Waals surface area contributed by atoms with Crippen molar-refractivity contribution >= 4 is 53.7 Å². The van der Waals surface area contributed by atoms with E-state index in [1.807, 2.05) is 98.8 Å². The molecule has 0 aliphatic heterocycles. The Bertz CT molecular complexity index is 2080. The molecule has 3 N–H and O–H groups in total. The van der Waals surface area contributed by atoms with E-state index >= 15 is 0 Å². The second-order valence-electron chi connectivity index (χ2n) is 11.6. The Morgan fingerprint density at radius 1 is 0.612 bits per heavy atom. The van der Waals surface area contributed by atoms with Gasteiger partial charge in [-0.3, -0.25) is 9.59 Å². The molecule has 6 aromatic rings. The molecule has 0 aliphatic rings. The average Bonchev–Trinajstić information content (AvgIpc) is 3.12. The highest BCUT2D eigenvalue weighted by molar-refractivity contribution is 9.09. The Labute approximate surface area is 301 Å². The zero-order valence-corrected chi connectivity index (χ0v) is 30.4. The van der Waals surface area contributed by atoms with Crippen LogP contribution in [0.2, 0.25) is 0 Å². The Morgan fingerprint density at radius 2 is 1.08 bits per heavy atom. The molecule has 254 valence electrons. The molecule has 2 aromatic heterocycles. The van der Waals surface area contributed by atoms with E-state index in [1.165, 1.54) is 12.1 Å². The minimum Gasteiger partial charge on any atom is -0.487 e. The van der Waals surface area contributed by atoms with Crippen LogP contribution in [0.4, 0.5) is 0 Å². The lowest BCUT2D eigenvalue weighted by molar-refractivity contribution is 0.0222. The Morgan fingerprint density at radius 3 is 1.53 bits per heavy atom. The number of pyridine rings is 2. The lowest BCUT2D eigenvalue weighted by Gasteiger charge is -2.21. The van der Waals surface area contributed by atoms with Crippen molar-refractivity contribution in [1.82, 2.24) is 9.97 Å². The summed E-state index contributed by atoms with van der Waals surface area (Å²) in [6.07, 6.45) is -0.650. The fraction of sp³-hybridized carbons (Fsp3) is 0.231. The summed E-state index contributed by atoms with van der Waals surface area (Å²) in [6, 6.07) is 33.8. The summed E-state index contributed by atoms with van der Waals surface area (Å²) in [5, 5.41) is 12.9. The minimum atomic E-state index is -0.647. The highest BCUT2D eigenvalue weighted by atomic mass is 79.9. The summed E-state index contributed by atoms with van der Waals surface area (Å²) in [5.74, 6) is 1.25. The number of hydrogen-bond donors (Lipinski definition) is 3. The molecule has 49 heavy (non-hydrogen) atoms. The number of aromatic amines is 2. The molecule has 0 unspecified atom stereocenters. The number of halogens is 2. The summed E-state index contributed by atoms with van der Waals surface area (Å²) in [4.78, 5) is 29.3. The number of hydrogen-bond acceptors (Lipinski definition) is 6. The first-order valence-electron chi connectivity index (χ1n) is 15.9. The van der Waals surface area contributed by atoms with E-state index in [9.17, 15) is 14.7 Å². The van der Waals surface area contributed by atoms with Gasteiger partial charge >= 0.3 is 0 Å². The standard InChI is InChI=1S/C21H22BrNO3.C18H16BrNO3/c1-14(2)26-19(12-22)16-8-10-18(21-17(16)9-11-20(24)23-21)25-13-15-6-4-3-5-7-15;19-10-15(21)13-6-8-16(18-14(13)7-9-17(22)20-18)23-11-12-4-2-1-3-5-12/h3-11,14,19H,12-13H2,1-2H3,(H,23,24);1-9,15,21H,10-11H2,(H,20,22)/t19-;15-/m00/s1. The summed E-state index contributed by atoms with van der Waals surface area (Å²) >= 11 is 6.81. The Kier molecular flexibility index (Phi) is 12.8. The second kappa shape index (κ2) is 17.4. The van der Waals surface area contributed by atoms with E-state index in [0.717, 1.165) is 33.0 Å². The molecule has 2 heterocycles. The maximum atomic E-state index is 11.9. The zero-order chi connectivity index (χ0) is 34.8. The molecule has 10 heteroatoms. The van der Waals surface area contributed by atoms with Crippen LogP contribution in [0.15, 0.2) is 119 Å².